The summed E-state index contributed by atoms with van der Waals surface area (Å²) in [6, 6.07) is 0. The van der Waals surface area contributed by atoms with E-state index >= 15 is 0 Å². The minimum absolute atomic E-state index is 0.291. The quantitative estimate of drug-likeness (QED) is 0.262. The number of allylic oxidation sites excluding steroid dienone is 1. The van der Waals surface area contributed by atoms with E-state index in [0.717, 1.165) is 11.8 Å². The summed E-state index contributed by atoms with van der Waals surface area (Å²) < 4.78 is 5.27. The number of thioether (sulfide) groups is 1. The Kier molecular flexibility index (Phi) is 6.27. The molecule has 0 spiro atoms. The summed E-state index contributed by atoms with van der Waals surface area (Å²) in [5.41, 5.74) is -0.863. The molecule has 1 saturated heterocycles. The Morgan fingerprint density at radius 1 is 1.28 bits per heavy atom. The molecule has 6 nitrogen and oxygen atoms in total. The van der Waals surface area contributed by atoms with E-state index in [1.165, 1.54) is 0 Å². The van der Waals surface area contributed by atoms with Crippen LogP contribution in [0.1, 0.15) is 12.8 Å². The Morgan fingerprint density at radius 3 is 2.50 bits per heavy atom. The zero-order valence-corrected chi connectivity index (χ0v) is 10.7. The molecule has 0 amide bonds. The van der Waals surface area contributed by atoms with E-state index in [9.17, 15) is 15.3 Å². The van der Waals surface area contributed by atoms with Gasteiger partial charge in [0.1, 0.15) is 29.9 Å². The summed E-state index contributed by atoms with van der Waals surface area (Å²) in [6.07, 6.45) is -2.16. The highest BCUT2D eigenvalue weighted by atomic mass is 32.2. The lowest BCUT2D eigenvalue weighted by atomic mass is 10.0. The van der Waals surface area contributed by atoms with E-state index in [2.05, 4.69) is 6.58 Å². The van der Waals surface area contributed by atoms with E-state index in [1.54, 1.807) is 6.08 Å². The monoisotopic (exact) mass is 277 g/mol. The van der Waals surface area contributed by atoms with Gasteiger partial charge >= 0.3 is 0 Å². The molecule has 1 rings (SSSR count). The maximum atomic E-state index is 9.74. The van der Waals surface area contributed by atoms with Gasteiger partial charge in [-0.1, -0.05) is 17.8 Å². The van der Waals surface area contributed by atoms with Gasteiger partial charge in [0.15, 0.2) is 0 Å². The van der Waals surface area contributed by atoms with Crippen LogP contribution in [0, 0.1) is 5.41 Å². The third-order valence-corrected chi connectivity index (χ3v) is 3.79. The lowest BCUT2D eigenvalue weighted by Crippen LogP contribution is -2.57. The minimum Gasteiger partial charge on any atom is -0.394 e. The lowest BCUT2D eigenvalue weighted by Gasteiger charge is -2.39. The highest BCUT2D eigenvalue weighted by Gasteiger charge is 2.43. The van der Waals surface area contributed by atoms with E-state index in [4.69, 9.17) is 15.3 Å². The first-order chi connectivity index (χ1) is 8.51. The van der Waals surface area contributed by atoms with Gasteiger partial charge in [0.25, 0.3) is 0 Å². The van der Waals surface area contributed by atoms with Gasteiger partial charge in [0.05, 0.1) is 11.7 Å². The number of hydrogen-bond donors (Lipinski definition) is 5. The molecule has 0 bridgehead atoms. The van der Waals surface area contributed by atoms with Crippen molar-refractivity contribution in [2.45, 2.75) is 42.7 Å². The summed E-state index contributed by atoms with van der Waals surface area (Å²) in [7, 11) is 0. The van der Waals surface area contributed by atoms with Gasteiger partial charge in [-0.3, -0.25) is 5.41 Å². The Hall–Kier alpha value is -0.440. The topological polar surface area (TPSA) is 114 Å². The third-order valence-electron chi connectivity index (χ3n) is 2.68. The summed E-state index contributed by atoms with van der Waals surface area (Å²) in [5, 5.41) is 45.9. The Morgan fingerprint density at radius 2 is 1.94 bits per heavy atom. The normalized spacial score (nSPS) is 36.3. The molecule has 0 unspecified atom stereocenters. The first-order valence-corrected chi connectivity index (χ1v) is 6.54. The molecule has 104 valence electrons. The zero-order valence-electron chi connectivity index (χ0n) is 9.90. The van der Waals surface area contributed by atoms with Crippen LogP contribution < -0.4 is 0 Å². The fraction of sp³-hybridized carbons (Fsp3) is 0.727. The van der Waals surface area contributed by atoms with Crippen molar-refractivity contribution in [3.8, 4) is 0 Å². The van der Waals surface area contributed by atoms with Crippen molar-refractivity contribution in [1.29, 1.82) is 5.41 Å². The SMILES string of the molecule is C=CCCC(=N)S[C@@H]1O[C@H](CO)[C@@H](O)[C@H](O)[C@H]1O. The Bertz CT molecular complexity index is 299. The van der Waals surface area contributed by atoms with Gasteiger partial charge in [-0.05, 0) is 12.8 Å². The molecular weight excluding hydrogens is 258 g/mol. The molecule has 0 radical (unpaired) electrons. The molecule has 0 saturated carbocycles. The second-order valence-corrected chi connectivity index (χ2v) is 5.26. The minimum atomic E-state index is -1.39. The lowest BCUT2D eigenvalue weighted by molar-refractivity contribution is -0.205. The summed E-state index contributed by atoms with van der Waals surface area (Å²) >= 11 is 0.975. The summed E-state index contributed by atoms with van der Waals surface area (Å²) in [5.74, 6) is 0. The molecule has 5 N–H and O–H groups in total. The second kappa shape index (κ2) is 7.22. The van der Waals surface area contributed by atoms with Crippen LogP contribution >= 0.6 is 11.8 Å². The van der Waals surface area contributed by atoms with Gasteiger partial charge in [-0.25, -0.2) is 0 Å². The van der Waals surface area contributed by atoms with Crippen molar-refractivity contribution in [3.63, 3.8) is 0 Å². The maximum absolute atomic E-state index is 9.74. The molecular formula is C11H19NO5S. The largest absolute Gasteiger partial charge is 0.394 e. The first kappa shape index (κ1) is 15.6. The van der Waals surface area contributed by atoms with E-state index < -0.39 is 36.5 Å². The molecule has 0 aromatic rings. The third kappa shape index (κ3) is 3.78. The average Bonchev–Trinajstić information content (AvgIpc) is 2.37. The molecule has 0 aliphatic carbocycles. The van der Waals surface area contributed by atoms with Gasteiger partial charge in [0, 0.05) is 0 Å². The van der Waals surface area contributed by atoms with Crippen LogP contribution in [0.3, 0.4) is 0 Å². The fourth-order valence-electron chi connectivity index (χ4n) is 1.60. The van der Waals surface area contributed by atoms with Crippen LogP contribution in [0.4, 0.5) is 0 Å². The highest BCUT2D eigenvalue weighted by Crippen LogP contribution is 2.29. The molecule has 1 heterocycles. The number of aliphatic hydroxyl groups is 4. The molecule has 1 aliphatic heterocycles. The van der Waals surface area contributed by atoms with Gasteiger partial charge < -0.3 is 25.2 Å². The molecule has 5 atom stereocenters. The fourth-order valence-corrected chi connectivity index (χ4v) is 2.61. The highest BCUT2D eigenvalue weighted by molar-refractivity contribution is 8.14. The Labute approximate surface area is 110 Å². The number of nitrogens with one attached hydrogen (secondary N) is 1. The number of rotatable bonds is 5. The first-order valence-electron chi connectivity index (χ1n) is 5.66. The van der Waals surface area contributed by atoms with Crippen LogP contribution in [0.25, 0.3) is 0 Å². The number of hydrogen-bond acceptors (Lipinski definition) is 7. The van der Waals surface area contributed by atoms with Crippen molar-refractivity contribution in [2.24, 2.45) is 0 Å². The molecule has 0 aromatic heterocycles. The van der Waals surface area contributed by atoms with E-state index in [1.807, 2.05) is 0 Å². The molecule has 7 heteroatoms. The number of ether oxygens (including phenoxy) is 1. The predicted molar refractivity (Wildman–Crippen MR) is 68.5 cm³/mol. The van der Waals surface area contributed by atoms with E-state index in [-0.39, 0.29) is 0 Å². The van der Waals surface area contributed by atoms with Gasteiger partial charge in [-0.2, -0.15) is 0 Å². The van der Waals surface area contributed by atoms with Crippen molar-refractivity contribution in [1.82, 2.24) is 0 Å². The predicted octanol–water partition coefficient (Wildman–Crippen LogP) is -0.537. The molecule has 1 fully saturated rings. The zero-order chi connectivity index (χ0) is 13.7. The van der Waals surface area contributed by atoms with Gasteiger partial charge in [-0.15, -0.1) is 6.58 Å². The van der Waals surface area contributed by atoms with Crippen LogP contribution in [0.5, 0.6) is 0 Å². The average molecular weight is 277 g/mol. The second-order valence-electron chi connectivity index (χ2n) is 4.07. The van der Waals surface area contributed by atoms with Crippen LogP contribution in [-0.2, 0) is 4.74 Å². The van der Waals surface area contributed by atoms with Crippen molar-refractivity contribution in [2.75, 3.05) is 6.61 Å². The molecule has 0 aromatic carbocycles. The van der Waals surface area contributed by atoms with Crippen LogP contribution in [-0.4, -0.2) is 61.9 Å². The van der Waals surface area contributed by atoms with Crippen molar-refractivity contribution < 1.29 is 25.2 Å². The molecule has 18 heavy (non-hydrogen) atoms. The molecule has 1 aliphatic rings. The number of aliphatic hydroxyl groups excluding tert-OH is 4. The van der Waals surface area contributed by atoms with Crippen molar-refractivity contribution >= 4 is 16.8 Å². The smallest absolute Gasteiger partial charge is 0.137 e. The maximum Gasteiger partial charge on any atom is 0.137 e. The van der Waals surface area contributed by atoms with Crippen LogP contribution in [0.2, 0.25) is 0 Å². The summed E-state index contributed by atoms with van der Waals surface area (Å²) in [4.78, 5) is 0. The van der Waals surface area contributed by atoms with Crippen molar-refractivity contribution in [3.05, 3.63) is 12.7 Å². The summed E-state index contributed by atoms with van der Waals surface area (Å²) in [6.45, 7) is 3.09. The Balaban J connectivity index is 2.58. The van der Waals surface area contributed by atoms with Gasteiger partial charge in [0.2, 0.25) is 0 Å². The standard InChI is InChI=1S/C11H19NO5S/c1-2-3-4-7(12)18-11-10(16)9(15)8(14)6(5-13)17-11/h2,6,8-16H,1,3-5H2/t6-,8-,9+,10-,11+/m1/s1. The van der Waals surface area contributed by atoms with Crippen LogP contribution in [0.15, 0.2) is 12.7 Å². The van der Waals surface area contributed by atoms with E-state index in [0.29, 0.717) is 17.9 Å².